The SMILES string of the molecule is Cc1ccc(Cl)cc1NC(=O)NNC(=O)COc1cccc(C(F)(F)F)c1. The molecule has 2 rings (SSSR count). The number of ether oxygens (including phenoxy) is 1. The highest BCUT2D eigenvalue weighted by Gasteiger charge is 2.30. The predicted octanol–water partition coefficient (Wildman–Crippen LogP) is 3.90. The molecule has 0 atom stereocenters. The van der Waals surface area contributed by atoms with Crippen LogP contribution >= 0.6 is 11.6 Å². The van der Waals surface area contributed by atoms with E-state index in [2.05, 4.69) is 16.2 Å². The molecular weight excluding hydrogens is 387 g/mol. The molecule has 6 nitrogen and oxygen atoms in total. The molecule has 10 heteroatoms. The minimum atomic E-state index is -4.51. The summed E-state index contributed by atoms with van der Waals surface area (Å²) in [5, 5.41) is 2.91. The lowest BCUT2D eigenvalue weighted by Gasteiger charge is -2.12. The van der Waals surface area contributed by atoms with Crippen LogP contribution in [0.15, 0.2) is 42.5 Å². The van der Waals surface area contributed by atoms with Gasteiger partial charge in [0.05, 0.1) is 5.56 Å². The Kier molecular flexibility index (Phi) is 6.51. The first-order chi connectivity index (χ1) is 12.6. The Morgan fingerprint density at radius 2 is 1.85 bits per heavy atom. The molecule has 0 saturated heterocycles. The molecule has 0 aromatic heterocycles. The van der Waals surface area contributed by atoms with Gasteiger partial charge in [-0.05, 0) is 42.8 Å². The molecule has 144 valence electrons. The lowest BCUT2D eigenvalue weighted by molar-refractivity contribution is -0.137. The lowest BCUT2D eigenvalue weighted by Crippen LogP contribution is -2.45. The summed E-state index contributed by atoms with van der Waals surface area (Å²) in [5.41, 5.74) is 4.49. The topological polar surface area (TPSA) is 79.5 Å². The number of halogens is 4. The van der Waals surface area contributed by atoms with Crippen LogP contribution in [0, 0.1) is 6.92 Å². The Bertz CT molecular complexity index is 844. The second kappa shape index (κ2) is 8.63. The first-order valence-electron chi connectivity index (χ1n) is 7.57. The van der Waals surface area contributed by atoms with Gasteiger partial charge in [0.1, 0.15) is 5.75 Å². The van der Waals surface area contributed by atoms with Crippen molar-refractivity contribution < 1.29 is 27.5 Å². The molecule has 3 amide bonds. The van der Waals surface area contributed by atoms with Gasteiger partial charge in [-0.1, -0.05) is 23.7 Å². The number of urea groups is 1. The number of benzene rings is 2. The van der Waals surface area contributed by atoms with Crippen LogP contribution in [0.3, 0.4) is 0 Å². The number of nitrogens with one attached hydrogen (secondary N) is 3. The van der Waals surface area contributed by atoms with Gasteiger partial charge in [-0.15, -0.1) is 0 Å². The average molecular weight is 402 g/mol. The van der Waals surface area contributed by atoms with Crippen LogP contribution in [0.4, 0.5) is 23.7 Å². The Balaban J connectivity index is 1.81. The monoisotopic (exact) mass is 401 g/mol. The number of rotatable bonds is 4. The largest absolute Gasteiger partial charge is 0.484 e. The first kappa shape index (κ1) is 20.4. The summed E-state index contributed by atoms with van der Waals surface area (Å²) in [6.45, 7) is 1.17. The fourth-order valence-corrected chi connectivity index (χ4v) is 2.13. The molecule has 27 heavy (non-hydrogen) atoms. The van der Waals surface area contributed by atoms with Crippen LogP contribution < -0.4 is 20.9 Å². The Hall–Kier alpha value is -2.94. The van der Waals surface area contributed by atoms with Crippen LogP contribution in [0.25, 0.3) is 0 Å². The van der Waals surface area contributed by atoms with Gasteiger partial charge in [0, 0.05) is 10.7 Å². The molecule has 0 bridgehead atoms. The number of aryl methyl sites for hydroxylation is 1. The molecule has 0 saturated carbocycles. The van der Waals surface area contributed by atoms with Crippen molar-refractivity contribution in [2.75, 3.05) is 11.9 Å². The Morgan fingerprint density at radius 3 is 2.56 bits per heavy atom. The van der Waals surface area contributed by atoms with Crippen molar-refractivity contribution in [1.29, 1.82) is 0 Å². The number of amides is 3. The third-order valence-corrected chi connectivity index (χ3v) is 3.53. The molecule has 0 radical (unpaired) electrons. The standard InChI is InChI=1S/C17H15ClF3N3O3/c1-10-5-6-12(18)8-14(10)22-16(26)24-23-15(25)9-27-13-4-2-3-11(7-13)17(19,20)21/h2-8H,9H2,1H3,(H,23,25)(H2,22,24,26). The fourth-order valence-electron chi connectivity index (χ4n) is 1.96. The van der Waals surface area contributed by atoms with E-state index in [9.17, 15) is 22.8 Å². The highest BCUT2D eigenvalue weighted by Crippen LogP contribution is 2.31. The number of hydrogen-bond acceptors (Lipinski definition) is 3. The molecule has 0 fully saturated rings. The van der Waals surface area contributed by atoms with Crippen LogP contribution in [0.2, 0.25) is 5.02 Å². The summed E-state index contributed by atoms with van der Waals surface area (Å²) in [6.07, 6.45) is -4.51. The van der Waals surface area contributed by atoms with Crippen LogP contribution in [0.1, 0.15) is 11.1 Å². The minimum absolute atomic E-state index is 0.126. The van der Waals surface area contributed by atoms with E-state index in [1.54, 1.807) is 19.1 Å². The maximum absolute atomic E-state index is 12.6. The van der Waals surface area contributed by atoms with Gasteiger partial charge in [0.2, 0.25) is 0 Å². The molecule has 0 spiro atoms. The van der Waals surface area contributed by atoms with Crippen molar-refractivity contribution in [2.24, 2.45) is 0 Å². The first-order valence-corrected chi connectivity index (χ1v) is 7.95. The molecule has 2 aromatic rings. The van der Waals surface area contributed by atoms with Crippen molar-refractivity contribution in [2.45, 2.75) is 13.1 Å². The number of alkyl halides is 3. The van der Waals surface area contributed by atoms with Crippen LogP contribution in [0.5, 0.6) is 5.75 Å². The number of hydrazine groups is 1. The van der Waals surface area contributed by atoms with Gasteiger partial charge in [-0.25, -0.2) is 10.2 Å². The van der Waals surface area contributed by atoms with Crippen LogP contribution in [-0.2, 0) is 11.0 Å². The maximum atomic E-state index is 12.6. The van der Waals surface area contributed by atoms with Crippen molar-refractivity contribution in [1.82, 2.24) is 10.9 Å². The Labute approximate surface area is 157 Å². The van der Waals surface area contributed by atoms with Gasteiger partial charge in [-0.2, -0.15) is 13.2 Å². The van der Waals surface area contributed by atoms with Gasteiger partial charge in [0.25, 0.3) is 5.91 Å². The minimum Gasteiger partial charge on any atom is -0.484 e. The summed E-state index contributed by atoms with van der Waals surface area (Å²) >= 11 is 5.84. The third kappa shape index (κ3) is 6.37. The van der Waals surface area contributed by atoms with Crippen molar-refractivity contribution >= 4 is 29.2 Å². The molecule has 2 aromatic carbocycles. The molecule has 0 unspecified atom stereocenters. The molecule has 0 aliphatic carbocycles. The van der Waals surface area contributed by atoms with E-state index in [4.69, 9.17) is 16.3 Å². The van der Waals surface area contributed by atoms with Gasteiger partial charge < -0.3 is 10.1 Å². The zero-order chi connectivity index (χ0) is 20.0. The van der Waals surface area contributed by atoms with E-state index in [1.165, 1.54) is 12.1 Å². The summed E-state index contributed by atoms with van der Waals surface area (Å²) < 4.78 is 42.8. The summed E-state index contributed by atoms with van der Waals surface area (Å²) in [7, 11) is 0. The quantitative estimate of drug-likeness (QED) is 0.680. The van der Waals surface area contributed by atoms with E-state index in [0.29, 0.717) is 10.7 Å². The molecule has 3 N–H and O–H groups in total. The fraction of sp³-hybridized carbons (Fsp3) is 0.176. The van der Waals surface area contributed by atoms with Gasteiger partial charge in [0.15, 0.2) is 6.61 Å². The molecular formula is C17H15ClF3N3O3. The second-order valence-corrected chi connectivity index (χ2v) is 5.84. The van der Waals surface area contributed by atoms with Gasteiger partial charge >= 0.3 is 12.2 Å². The molecule has 0 aliphatic heterocycles. The molecule has 0 heterocycles. The average Bonchev–Trinajstić information content (AvgIpc) is 2.61. The van der Waals surface area contributed by atoms with Crippen molar-refractivity contribution in [3.63, 3.8) is 0 Å². The number of anilines is 1. The van der Waals surface area contributed by atoms with Crippen molar-refractivity contribution in [3.05, 3.63) is 58.6 Å². The number of carbonyl (C=O) groups is 2. The van der Waals surface area contributed by atoms with Crippen molar-refractivity contribution in [3.8, 4) is 5.75 Å². The summed E-state index contributed by atoms with van der Waals surface area (Å²) in [4.78, 5) is 23.4. The zero-order valence-corrected chi connectivity index (χ0v) is 14.7. The smallest absolute Gasteiger partial charge is 0.416 e. The lowest BCUT2D eigenvalue weighted by atomic mass is 10.2. The highest BCUT2D eigenvalue weighted by atomic mass is 35.5. The maximum Gasteiger partial charge on any atom is 0.416 e. The summed E-state index contributed by atoms with van der Waals surface area (Å²) in [5.74, 6) is -0.885. The molecule has 0 aliphatic rings. The van der Waals surface area contributed by atoms with E-state index in [-0.39, 0.29) is 5.75 Å². The number of hydrogen-bond donors (Lipinski definition) is 3. The van der Waals surface area contributed by atoms with E-state index in [1.807, 2.05) is 0 Å². The predicted molar refractivity (Wildman–Crippen MR) is 93.4 cm³/mol. The number of carbonyl (C=O) groups excluding carboxylic acids is 2. The Morgan fingerprint density at radius 1 is 1.11 bits per heavy atom. The van der Waals surface area contributed by atoms with E-state index in [0.717, 1.165) is 23.8 Å². The van der Waals surface area contributed by atoms with Gasteiger partial charge in [-0.3, -0.25) is 10.2 Å². The highest BCUT2D eigenvalue weighted by molar-refractivity contribution is 6.31. The normalized spacial score (nSPS) is 10.9. The second-order valence-electron chi connectivity index (χ2n) is 5.40. The third-order valence-electron chi connectivity index (χ3n) is 3.29. The van der Waals surface area contributed by atoms with E-state index < -0.39 is 30.3 Å². The van der Waals surface area contributed by atoms with E-state index >= 15 is 0 Å². The zero-order valence-electron chi connectivity index (χ0n) is 14.0. The van der Waals surface area contributed by atoms with Crippen LogP contribution in [-0.4, -0.2) is 18.5 Å². The summed E-state index contributed by atoms with van der Waals surface area (Å²) in [6, 6.07) is 8.28.